The number of ether oxygens (including phenoxy) is 4. The molecule has 2 aliphatic rings. The van der Waals surface area contributed by atoms with Crippen LogP contribution in [-0.4, -0.2) is 103 Å². The molecule has 0 spiro atoms. The van der Waals surface area contributed by atoms with E-state index in [-0.39, 0.29) is 12.1 Å². The number of hydrogen-bond acceptors (Lipinski definition) is 8. The number of alkyl halides is 1. The molecule has 13 heteroatoms. The summed E-state index contributed by atoms with van der Waals surface area (Å²) in [5.41, 5.74) is 4.09. The molecule has 2 saturated heterocycles. The third-order valence-corrected chi connectivity index (χ3v) is 12.6. The highest BCUT2D eigenvalue weighted by atomic mass is 79.9. The minimum atomic E-state index is -0.523. The molecule has 5 aromatic carbocycles. The van der Waals surface area contributed by atoms with Crippen molar-refractivity contribution in [3.05, 3.63) is 179 Å². The van der Waals surface area contributed by atoms with Crippen LogP contribution in [0.25, 0.3) is 14.5 Å². The SMILES string of the molecule is [C-]#[N+]c1ccc(OCCCBr)cc1.[C-]#[N+]c1ccc(OCCCN(C(=O)OC(C)(C)C)C2CCN(Cc3ccccc3)CC2)cc1.[C-]#[N+]c1ccc(OCCCNC2CCN(Cc3ccccc3)CC2)cc1. The van der Waals surface area contributed by atoms with E-state index in [4.69, 9.17) is 38.7 Å². The zero-order chi connectivity index (χ0) is 51.2. The highest BCUT2D eigenvalue weighted by Crippen LogP contribution is 2.24. The molecule has 72 heavy (non-hydrogen) atoms. The molecule has 1 amide bonds. The van der Waals surface area contributed by atoms with Gasteiger partial charge in [0.05, 0.1) is 39.5 Å². The van der Waals surface area contributed by atoms with E-state index in [0.717, 1.165) is 94.1 Å². The summed E-state index contributed by atoms with van der Waals surface area (Å²) in [6, 6.07) is 43.6. The third-order valence-electron chi connectivity index (χ3n) is 12.0. The summed E-state index contributed by atoms with van der Waals surface area (Å²) < 4.78 is 22.7. The number of carbonyl (C=O) groups is 1. The summed E-state index contributed by atoms with van der Waals surface area (Å²) in [6.07, 6.45) is 6.76. The first-order chi connectivity index (χ1) is 35.0. The molecule has 2 aliphatic heterocycles. The van der Waals surface area contributed by atoms with Gasteiger partial charge in [0.2, 0.25) is 0 Å². The van der Waals surface area contributed by atoms with Crippen LogP contribution in [0.15, 0.2) is 133 Å². The maximum atomic E-state index is 13.0. The third kappa shape index (κ3) is 21.9. The smallest absolute Gasteiger partial charge is 0.410 e. The van der Waals surface area contributed by atoms with Gasteiger partial charge in [0.25, 0.3) is 0 Å². The molecule has 2 fully saturated rings. The number of hydrogen-bond donors (Lipinski definition) is 1. The Hall–Kier alpha value is -6.40. The average Bonchev–Trinajstić information content (AvgIpc) is 3.40. The van der Waals surface area contributed by atoms with Crippen LogP contribution in [0.4, 0.5) is 21.9 Å². The van der Waals surface area contributed by atoms with E-state index >= 15 is 0 Å². The summed E-state index contributed by atoms with van der Waals surface area (Å²) >= 11 is 3.33. The lowest BCUT2D eigenvalue weighted by Crippen LogP contribution is -2.49. The summed E-state index contributed by atoms with van der Waals surface area (Å²) in [5, 5.41) is 4.62. The van der Waals surface area contributed by atoms with Crippen LogP contribution in [0.1, 0.15) is 76.8 Å². The predicted molar refractivity (Wildman–Crippen MR) is 293 cm³/mol. The minimum absolute atomic E-state index is 0.171. The van der Waals surface area contributed by atoms with Crippen molar-refractivity contribution in [2.24, 2.45) is 0 Å². The molecule has 7 rings (SSSR count). The molecule has 0 bridgehead atoms. The normalized spacial score (nSPS) is 14.1. The quantitative estimate of drug-likeness (QED) is 0.0469. The van der Waals surface area contributed by atoms with E-state index in [0.29, 0.717) is 55.9 Å². The molecule has 0 saturated carbocycles. The van der Waals surface area contributed by atoms with Crippen LogP contribution in [0, 0.1) is 19.7 Å². The van der Waals surface area contributed by atoms with Crippen molar-refractivity contribution in [3.8, 4) is 17.2 Å². The molecular weight excluding hydrogens is 967 g/mol. The van der Waals surface area contributed by atoms with Crippen molar-refractivity contribution in [1.29, 1.82) is 0 Å². The molecular formula is C59H72BrN7O5. The van der Waals surface area contributed by atoms with Crippen LogP contribution in [0.2, 0.25) is 0 Å². The first-order valence-corrected chi connectivity index (χ1v) is 26.3. The average molecular weight is 1040 g/mol. The molecule has 0 radical (unpaired) electrons. The van der Waals surface area contributed by atoms with Gasteiger partial charge in [-0.25, -0.2) is 19.3 Å². The van der Waals surface area contributed by atoms with Gasteiger partial charge in [-0.2, -0.15) is 0 Å². The molecule has 380 valence electrons. The maximum absolute atomic E-state index is 13.0. The van der Waals surface area contributed by atoms with E-state index in [1.807, 2.05) is 68.1 Å². The second-order valence-electron chi connectivity index (χ2n) is 18.8. The van der Waals surface area contributed by atoms with Gasteiger partial charge in [0.15, 0.2) is 17.1 Å². The topological polar surface area (TPSA) is 88.8 Å². The van der Waals surface area contributed by atoms with Gasteiger partial charge < -0.3 is 29.2 Å². The fourth-order valence-corrected chi connectivity index (χ4v) is 8.43. The summed E-state index contributed by atoms with van der Waals surface area (Å²) in [7, 11) is 0. The van der Waals surface area contributed by atoms with E-state index in [1.165, 1.54) is 24.0 Å². The lowest BCUT2D eigenvalue weighted by atomic mass is 10.0. The number of carbonyl (C=O) groups excluding carboxylic acids is 1. The Morgan fingerprint density at radius 1 is 0.597 bits per heavy atom. The second-order valence-corrected chi connectivity index (χ2v) is 19.6. The van der Waals surface area contributed by atoms with Crippen molar-refractivity contribution < 1.29 is 23.7 Å². The zero-order valence-corrected chi connectivity index (χ0v) is 44.0. The monoisotopic (exact) mass is 1040 g/mol. The Kier molecular flexibility index (Phi) is 25.0. The minimum Gasteiger partial charge on any atom is -0.494 e. The summed E-state index contributed by atoms with van der Waals surface area (Å²) in [5.74, 6) is 2.40. The number of benzene rings is 5. The number of likely N-dealkylation sites (tertiary alicyclic amines) is 2. The Morgan fingerprint density at radius 2 is 1.00 bits per heavy atom. The summed E-state index contributed by atoms with van der Waals surface area (Å²) in [6.45, 7) is 36.2. The van der Waals surface area contributed by atoms with Gasteiger partial charge in [-0.1, -0.05) is 113 Å². The molecule has 0 atom stereocenters. The highest BCUT2D eigenvalue weighted by molar-refractivity contribution is 9.09. The van der Waals surface area contributed by atoms with E-state index in [1.54, 1.807) is 36.4 Å². The van der Waals surface area contributed by atoms with Crippen LogP contribution < -0.4 is 19.5 Å². The first kappa shape index (κ1) is 56.5. The second kappa shape index (κ2) is 31.8. The van der Waals surface area contributed by atoms with E-state index in [2.05, 4.69) is 100 Å². The van der Waals surface area contributed by atoms with E-state index < -0.39 is 5.60 Å². The van der Waals surface area contributed by atoms with Gasteiger partial charge >= 0.3 is 6.09 Å². The number of rotatable bonds is 20. The number of nitrogens with zero attached hydrogens (tertiary/aromatic N) is 6. The zero-order valence-electron chi connectivity index (χ0n) is 42.4. The van der Waals surface area contributed by atoms with Gasteiger partial charge in [-0.15, -0.1) is 0 Å². The van der Waals surface area contributed by atoms with Crippen LogP contribution in [-0.2, 0) is 17.8 Å². The fourth-order valence-electron chi connectivity index (χ4n) is 8.20. The number of piperidine rings is 2. The Morgan fingerprint density at radius 3 is 1.40 bits per heavy atom. The molecule has 5 aromatic rings. The van der Waals surface area contributed by atoms with Crippen molar-refractivity contribution in [1.82, 2.24) is 20.0 Å². The Labute approximate surface area is 437 Å². The van der Waals surface area contributed by atoms with Crippen molar-refractivity contribution >= 4 is 39.1 Å². The highest BCUT2D eigenvalue weighted by Gasteiger charge is 2.31. The standard InChI is InChI=1S/C27H35N3O3.C22H27N3O.C10H10BrNO/c1-27(2,3)33-26(31)30(17-8-20-32-25-13-11-23(28-4)12-14-25)24-15-18-29(19-16-24)21-22-9-6-5-7-10-22;1-23-20-8-10-22(11-9-20)26-17-5-14-24-21-12-15-25(16-13-21)18-19-6-3-2-4-7-19;1-12-9-3-5-10(6-4-9)13-8-2-7-11/h5-7,9-14,24H,8,15-21H2,1-3H3;2-4,6-11,21,24H,5,12-18H2;3-6H,2,7-8H2. The summed E-state index contributed by atoms with van der Waals surface area (Å²) in [4.78, 5) is 30.0. The van der Waals surface area contributed by atoms with Crippen LogP contribution in [0.3, 0.4) is 0 Å². The first-order valence-electron chi connectivity index (χ1n) is 25.2. The number of amides is 1. The lowest BCUT2D eigenvalue weighted by Gasteiger charge is -2.39. The molecule has 1 N–H and O–H groups in total. The van der Waals surface area contributed by atoms with Crippen molar-refractivity contribution in [2.45, 2.75) is 96.5 Å². The fraction of sp³-hybridized carbons (Fsp3) is 0.424. The number of halogens is 1. The van der Waals surface area contributed by atoms with Crippen molar-refractivity contribution in [3.63, 3.8) is 0 Å². The number of nitrogens with one attached hydrogen (secondary N) is 1. The molecule has 0 aromatic heterocycles. The van der Waals surface area contributed by atoms with Crippen LogP contribution in [0.5, 0.6) is 17.2 Å². The molecule has 12 nitrogen and oxygen atoms in total. The predicted octanol–water partition coefficient (Wildman–Crippen LogP) is 13.6. The molecule has 0 aliphatic carbocycles. The van der Waals surface area contributed by atoms with Gasteiger partial charge in [-0.3, -0.25) is 9.80 Å². The largest absolute Gasteiger partial charge is 0.494 e. The van der Waals surface area contributed by atoms with Gasteiger partial charge in [-0.05, 0) is 133 Å². The van der Waals surface area contributed by atoms with Crippen LogP contribution >= 0.6 is 15.9 Å². The van der Waals surface area contributed by atoms with Gasteiger partial charge in [0.1, 0.15) is 22.8 Å². The Balaban J connectivity index is 0.000000219. The van der Waals surface area contributed by atoms with Gasteiger partial charge in [0, 0.05) is 50.1 Å². The van der Waals surface area contributed by atoms with E-state index in [9.17, 15) is 4.79 Å². The van der Waals surface area contributed by atoms with Crippen molar-refractivity contribution in [2.75, 3.05) is 64.4 Å². The molecule has 0 unspecified atom stereocenters. The molecule has 2 heterocycles. The Bertz CT molecular complexity index is 2400. The lowest BCUT2D eigenvalue weighted by molar-refractivity contribution is 0.00673. The maximum Gasteiger partial charge on any atom is 0.410 e.